The monoisotopic (exact) mass is 277 g/mol. The van der Waals surface area contributed by atoms with Crippen molar-refractivity contribution in [2.45, 2.75) is 57.2 Å². The van der Waals surface area contributed by atoms with Gasteiger partial charge in [0.2, 0.25) is 0 Å². The summed E-state index contributed by atoms with van der Waals surface area (Å²) in [6.07, 6.45) is 7.35. The number of rotatable bonds is 4. The third-order valence-corrected chi connectivity index (χ3v) is 3.85. The van der Waals surface area contributed by atoms with Crippen LogP contribution in [-0.2, 0) is 0 Å². The molecule has 3 N–H and O–H groups in total. The Balaban J connectivity index is 1.84. The number of amides is 2. The summed E-state index contributed by atoms with van der Waals surface area (Å²) in [5.41, 5.74) is 1.07. The third kappa shape index (κ3) is 4.20. The van der Waals surface area contributed by atoms with Crippen LogP contribution in [0.1, 0.15) is 50.6 Å². The van der Waals surface area contributed by atoms with Crippen LogP contribution < -0.4 is 10.6 Å². The molecule has 1 aromatic heterocycles. The van der Waals surface area contributed by atoms with Gasteiger partial charge < -0.3 is 15.7 Å². The van der Waals surface area contributed by atoms with E-state index in [4.69, 9.17) is 0 Å². The number of nitrogens with zero attached hydrogens (tertiary/aromatic N) is 1. The zero-order chi connectivity index (χ0) is 14.4. The van der Waals surface area contributed by atoms with Gasteiger partial charge in [-0.2, -0.15) is 0 Å². The first kappa shape index (κ1) is 14.8. The summed E-state index contributed by atoms with van der Waals surface area (Å²) in [6, 6.07) is 3.90. The number of carbonyl (C=O) groups is 1. The molecular weight excluding hydrogens is 254 g/mol. The van der Waals surface area contributed by atoms with Crippen molar-refractivity contribution in [2.75, 3.05) is 0 Å². The summed E-state index contributed by atoms with van der Waals surface area (Å²) in [6.45, 7) is 2.04. The van der Waals surface area contributed by atoms with Gasteiger partial charge in [0.05, 0.1) is 12.1 Å². The second-order valence-electron chi connectivity index (χ2n) is 5.36. The van der Waals surface area contributed by atoms with E-state index in [1.165, 1.54) is 0 Å². The van der Waals surface area contributed by atoms with E-state index >= 15 is 0 Å². The zero-order valence-electron chi connectivity index (χ0n) is 11.9. The number of urea groups is 1. The number of aromatic nitrogens is 1. The quantitative estimate of drug-likeness (QED) is 0.789. The Kier molecular flexibility index (Phi) is 5.35. The molecule has 0 aromatic carbocycles. The lowest BCUT2D eigenvalue weighted by molar-refractivity contribution is 0.117. The van der Waals surface area contributed by atoms with Crippen LogP contribution in [0.5, 0.6) is 0 Å². The highest BCUT2D eigenvalue weighted by molar-refractivity contribution is 5.74. The molecule has 1 heterocycles. The highest BCUT2D eigenvalue weighted by Gasteiger charge is 2.21. The van der Waals surface area contributed by atoms with E-state index in [-0.39, 0.29) is 24.2 Å². The van der Waals surface area contributed by atoms with Crippen LogP contribution in [0.25, 0.3) is 0 Å². The largest absolute Gasteiger partial charge is 0.393 e. The van der Waals surface area contributed by atoms with Gasteiger partial charge in [-0.15, -0.1) is 0 Å². The van der Waals surface area contributed by atoms with E-state index in [1.807, 2.05) is 19.1 Å². The van der Waals surface area contributed by atoms with Gasteiger partial charge in [-0.1, -0.05) is 6.92 Å². The summed E-state index contributed by atoms with van der Waals surface area (Å²) in [5.74, 6) is 0. The fourth-order valence-electron chi connectivity index (χ4n) is 2.62. The van der Waals surface area contributed by atoms with Crippen LogP contribution in [0.15, 0.2) is 24.5 Å². The predicted molar refractivity (Wildman–Crippen MR) is 77.2 cm³/mol. The molecule has 0 aliphatic heterocycles. The van der Waals surface area contributed by atoms with Crippen molar-refractivity contribution in [3.05, 3.63) is 30.1 Å². The van der Waals surface area contributed by atoms with Crippen molar-refractivity contribution in [3.8, 4) is 0 Å². The Morgan fingerprint density at radius 1 is 1.35 bits per heavy atom. The highest BCUT2D eigenvalue weighted by atomic mass is 16.3. The maximum atomic E-state index is 12.0. The van der Waals surface area contributed by atoms with Crippen molar-refractivity contribution in [3.63, 3.8) is 0 Å². The molecule has 20 heavy (non-hydrogen) atoms. The number of aliphatic hydroxyl groups excluding tert-OH is 1. The van der Waals surface area contributed by atoms with Crippen LogP contribution in [-0.4, -0.2) is 28.3 Å². The first-order valence-corrected chi connectivity index (χ1v) is 7.34. The molecule has 0 spiro atoms. The van der Waals surface area contributed by atoms with E-state index in [2.05, 4.69) is 15.6 Å². The molecular formula is C15H23N3O2. The van der Waals surface area contributed by atoms with Gasteiger partial charge in [-0.05, 0) is 49.8 Å². The van der Waals surface area contributed by atoms with Crippen molar-refractivity contribution >= 4 is 6.03 Å². The number of pyridine rings is 1. The summed E-state index contributed by atoms with van der Waals surface area (Å²) in [7, 11) is 0. The molecule has 5 nitrogen and oxygen atoms in total. The number of nitrogens with one attached hydrogen (secondary N) is 2. The van der Waals surface area contributed by atoms with Gasteiger partial charge in [-0.3, -0.25) is 4.98 Å². The number of aliphatic hydroxyl groups is 1. The first-order valence-electron chi connectivity index (χ1n) is 7.34. The summed E-state index contributed by atoms with van der Waals surface area (Å²) in [5, 5.41) is 15.5. The van der Waals surface area contributed by atoms with Crippen LogP contribution in [0, 0.1) is 0 Å². The smallest absolute Gasteiger partial charge is 0.315 e. The van der Waals surface area contributed by atoms with Crippen molar-refractivity contribution in [1.29, 1.82) is 0 Å². The topological polar surface area (TPSA) is 74.2 Å². The van der Waals surface area contributed by atoms with Gasteiger partial charge in [0, 0.05) is 18.4 Å². The van der Waals surface area contributed by atoms with E-state index in [0.29, 0.717) is 0 Å². The average molecular weight is 277 g/mol. The Bertz CT molecular complexity index is 416. The second kappa shape index (κ2) is 7.24. The van der Waals surface area contributed by atoms with Gasteiger partial charge in [0.1, 0.15) is 0 Å². The van der Waals surface area contributed by atoms with E-state index in [1.54, 1.807) is 12.4 Å². The van der Waals surface area contributed by atoms with Crippen LogP contribution >= 0.6 is 0 Å². The van der Waals surface area contributed by atoms with Gasteiger partial charge in [-0.25, -0.2) is 4.79 Å². The minimum Gasteiger partial charge on any atom is -0.393 e. The zero-order valence-corrected chi connectivity index (χ0v) is 11.9. The number of hydrogen-bond acceptors (Lipinski definition) is 3. The normalized spacial score (nSPS) is 23.9. The van der Waals surface area contributed by atoms with E-state index < -0.39 is 0 Å². The number of carbonyl (C=O) groups excluding carboxylic acids is 1. The summed E-state index contributed by atoms with van der Waals surface area (Å²) >= 11 is 0. The van der Waals surface area contributed by atoms with Crippen LogP contribution in [0.4, 0.5) is 4.79 Å². The molecule has 2 rings (SSSR count). The lowest BCUT2D eigenvalue weighted by Gasteiger charge is -2.27. The van der Waals surface area contributed by atoms with Crippen LogP contribution in [0.3, 0.4) is 0 Å². The molecule has 0 saturated heterocycles. The predicted octanol–water partition coefficient (Wildman–Crippen LogP) is 2.14. The Hall–Kier alpha value is -1.62. The van der Waals surface area contributed by atoms with E-state index in [0.717, 1.165) is 37.7 Å². The molecule has 1 saturated carbocycles. The molecule has 0 bridgehead atoms. The average Bonchev–Trinajstić information content (AvgIpc) is 2.48. The fraction of sp³-hybridized carbons (Fsp3) is 0.600. The summed E-state index contributed by atoms with van der Waals surface area (Å²) in [4.78, 5) is 16.0. The second-order valence-corrected chi connectivity index (χ2v) is 5.36. The molecule has 1 aliphatic carbocycles. The fourth-order valence-corrected chi connectivity index (χ4v) is 2.62. The standard InChI is InChI=1S/C15H23N3O2/c1-2-14(11-7-9-16-10-8-11)18-15(20)17-12-3-5-13(19)6-4-12/h7-10,12-14,19H,2-6H2,1H3,(H2,17,18,20). The van der Waals surface area contributed by atoms with Crippen molar-refractivity contribution in [1.82, 2.24) is 15.6 Å². The molecule has 1 atom stereocenters. The van der Waals surface area contributed by atoms with Gasteiger partial charge >= 0.3 is 6.03 Å². The highest BCUT2D eigenvalue weighted by Crippen LogP contribution is 2.19. The van der Waals surface area contributed by atoms with Crippen molar-refractivity contribution in [2.24, 2.45) is 0 Å². The molecule has 1 aliphatic rings. The lowest BCUT2D eigenvalue weighted by Crippen LogP contribution is -2.45. The maximum Gasteiger partial charge on any atom is 0.315 e. The molecule has 1 fully saturated rings. The maximum absolute atomic E-state index is 12.0. The SMILES string of the molecule is CCC(NC(=O)NC1CCC(O)CC1)c1ccncc1. The van der Waals surface area contributed by atoms with Crippen LogP contribution in [0.2, 0.25) is 0 Å². The Labute approximate surface area is 119 Å². The molecule has 110 valence electrons. The lowest BCUT2D eigenvalue weighted by atomic mass is 9.93. The summed E-state index contributed by atoms with van der Waals surface area (Å²) < 4.78 is 0. The first-order chi connectivity index (χ1) is 9.69. The van der Waals surface area contributed by atoms with E-state index in [9.17, 15) is 9.90 Å². The number of hydrogen-bond donors (Lipinski definition) is 3. The van der Waals surface area contributed by atoms with Crippen molar-refractivity contribution < 1.29 is 9.90 Å². The molecule has 5 heteroatoms. The Morgan fingerprint density at radius 3 is 2.60 bits per heavy atom. The Morgan fingerprint density at radius 2 is 2.00 bits per heavy atom. The molecule has 1 unspecified atom stereocenters. The minimum atomic E-state index is -0.198. The molecule has 1 aromatic rings. The third-order valence-electron chi connectivity index (χ3n) is 3.85. The van der Waals surface area contributed by atoms with Gasteiger partial charge in [0.15, 0.2) is 0 Å². The molecule has 2 amide bonds. The van der Waals surface area contributed by atoms with Gasteiger partial charge in [0.25, 0.3) is 0 Å². The molecule has 0 radical (unpaired) electrons. The minimum absolute atomic E-state index is 0.00665.